The molecule has 0 aliphatic carbocycles. The molecule has 3 heterocycles. The lowest BCUT2D eigenvalue weighted by molar-refractivity contribution is -0.144. The largest absolute Gasteiger partial charge is 0.433 e. The molecule has 1 aliphatic rings. The Hall–Kier alpha value is -2.26. The first kappa shape index (κ1) is 24.4. The number of fused-ring (bicyclic) bond motifs is 3. The maximum atomic E-state index is 13.5. The fraction of sp³-hybridized carbons (Fsp3) is 0.478. The molecule has 0 bridgehead atoms. The van der Waals surface area contributed by atoms with Crippen molar-refractivity contribution in [3.05, 3.63) is 47.4 Å². The van der Waals surface area contributed by atoms with Crippen LogP contribution >= 0.6 is 11.8 Å². The monoisotopic (exact) mass is 466 g/mol. The molecular weight excluding hydrogens is 437 g/mol. The number of rotatable bonds is 3. The number of hydrogen-bond donors (Lipinski definition) is 1. The van der Waals surface area contributed by atoms with Gasteiger partial charge in [0.25, 0.3) is 0 Å². The van der Waals surface area contributed by atoms with Crippen LogP contribution in [-0.2, 0) is 24.9 Å². The molecule has 5 nitrogen and oxygen atoms in total. The predicted octanol–water partition coefficient (Wildman–Crippen LogP) is 5.84. The Morgan fingerprint density at radius 1 is 1.12 bits per heavy atom. The minimum absolute atomic E-state index is 0.0200. The SMILES string of the molecule is CCC.CSc1ccc2cc3n(c2c1)CCN(c1ncc(C(C)(C)O)c(C(F)(F)F)n1)C3. The Morgan fingerprint density at radius 2 is 1.81 bits per heavy atom. The van der Waals surface area contributed by atoms with Crippen molar-refractivity contribution >= 4 is 28.6 Å². The molecule has 2 aromatic heterocycles. The first-order valence-electron chi connectivity index (χ1n) is 10.6. The Kier molecular flexibility index (Phi) is 7.09. The number of hydrogen-bond acceptors (Lipinski definition) is 5. The Balaban J connectivity index is 0.000000913. The van der Waals surface area contributed by atoms with E-state index in [-0.39, 0.29) is 11.5 Å². The van der Waals surface area contributed by atoms with E-state index in [1.165, 1.54) is 25.2 Å². The second-order valence-electron chi connectivity index (χ2n) is 8.33. The molecule has 0 saturated heterocycles. The van der Waals surface area contributed by atoms with E-state index in [0.717, 1.165) is 22.8 Å². The molecule has 9 heteroatoms. The van der Waals surface area contributed by atoms with E-state index in [4.69, 9.17) is 0 Å². The van der Waals surface area contributed by atoms with Gasteiger partial charge >= 0.3 is 6.18 Å². The fourth-order valence-corrected chi connectivity index (χ4v) is 4.10. The van der Waals surface area contributed by atoms with Crippen LogP contribution in [0.3, 0.4) is 0 Å². The summed E-state index contributed by atoms with van der Waals surface area (Å²) < 4.78 is 42.8. The van der Waals surface area contributed by atoms with E-state index in [9.17, 15) is 18.3 Å². The molecule has 32 heavy (non-hydrogen) atoms. The highest BCUT2D eigenvalue weighted by atomic mass is 32.2. The van der Waals surface area contributed by atoms with Crippen molar-refractivity contribution in [2.45, 2.75) is 63.9 Å². The highest BCUT2D eigenvalue weighted by molar-refractivity contribution is 7.98. The van der Waals surface area contributed by atoms with Crippen molar-refractivity contribution in [3.8, 4) is 0 Å². The van der Waals surface area contributed by atoms with Crippen molar-refractivity contribution in [1.82, 2.24) is 14.5 Å². The lowest BCUT2D eigenvalue weighted by atomic mass is 9.98. The van der Waals surface area contributed by atoms with Gasteiger partial charge in [0, 0.05) is 46.3 Å². The van der Waals surface area contributed by atoms with Crippen LogP contribution < -0.4 is 4.90 Å². The third kappa shape index (κ3) is 5.04. The normalized spacial score (nSPS) is 14.2. The molecule has 0 spiro atoms. The average Bonchev–Trinajstić information content (AvgIpc) is 3.09. The quantitative estimate of drug-likeness (QED) is 0.492. The molecule has 1 aromatic carbocycles. The minimum Gasteiger partial charge on any atom is -0.386 e. The minimum atomic E-state index is -4.67. The van der Waals surface area contributed by atoms with Crippen LogP contribution in [0.15, 0.2) is 35.4 Å². The number of aliphatic hydroxyl groups is 1. The summed E-state index contributed by atoms with van der Waals surface area (Å²) in [5, 5.41) is 11.2. The van der Waals surface area contributed by atoms with E-state index in [1.807, 2.05) is 6.26 Å². The van der Waals surface area contributed by atoms with Gasteiger partial charge in [0.05, 0.1) is 12.1 Å². The van der Waals surface area contributed by atoms with Gasteiger partial charge in [0.1, 0.15) is 0 Å². The molecule has 3 aromatic rings. The van der Waals surface area contributed by atoms with Crippen molar-refractivity contribution < 1.29 is 18.3 Å². The highest BCUT2D eigenvalue weighted by Crippen LogP contribution is 2.36. The van der Waals surface area contributed by atoms with E-state index >= 15 is 0 Å². The molecule has 0 radical (unpaired) electrons. The summed E-state index contributed by atoms with van der Waals surface area (Å²) >= 11 is 1.67. The first-order valence-corrected chi connectivity index (χ1v) is 11.8. The average molecular weight is 467 g/mol. The standard InChI is InChI=1S/C20H21F3N4OS.C3H8/c1-19(2,28)15-10-24-18(25-17(15)20(21,22)23)26-6-7-27-13(11-26)8-12-4-5-14(29-3)9-16(12)27;1-3-2/h4-5,8-10,28H,6-7,11H2,1-3H3;3H2,1-2H3. The van der Waals surface area contributed by atoms with Gasteiger partial charge in [-0.2, -0.15) is 13.2 Å². The van der Waals surface area contributed by atoms with E-state index in [1.54, 1.807) is 16.7 Å². The third-order valence-corrected chi connectivity index (χ3v) is 5.86. The van der Waals surface area contributed by atoms with Crippen molar-refractivity contribution in [1.29, 1.82) is 0 Å². The zero-order valence-corrected chi connectivity index (χ0v) is 19.8. The summed E-state index contributed by atoms with van der Waals surface area (Å²) in [4.78, 5) is 10.9. The van der Waals surface area contributed by atoms with Gasteiger partial charge in [-0.1, -0.05) is 26.3 Å². The van der Waals surface area contributed by atoms with Gasteiger partial charge < -0.3 is 14.6 Å². The summed E-state index contributed by atoms with van der Waals surface area (Å²) in [6.45, 7) is 8.39. The first-order chi connectivity index (χ1) is 15.0. The van der Waals surface area contributed by atoms with Crippen LogP contribution in [0.5, 0.6) is 0 Å². The molecule has 1 N–H and O–H groups in total. The molecule has 0 atom stereocenters. The number of anilines is 1. The lowest BCUT2D eigenvalue weighted by Gasteiger charge is -2.30. The molecular formula is C23H29F3N4OS. The lowest BCUT2D eigenvalue weighted by Crippen LogP contribution is -2.35. The number of alkyl halides is 3. The second kappa shape index (κ2) is 9.31. The number of nitrogens with zero attached hydrogens (tertiary/aromatic N) is 4. The van der Waals surface area contributed by atoms with Gasteiger partial charge in [-0.25, -0.2) is 9.97 Å². The Labute approximate surface area is 190 Å². The molecule has 174 valence electrons. The molecule has 4 rings (SSSR count). The van der Waals surface area contributed by atoms with Crippen LogP contribution in [0.4, 0.5) is 19.1 Å². The van der Waals surface area contributed by atoms with Crippen LogP contribution in [0, 0.1) is 0 Å². The fourth-order valence-electron chi connectivity index (χ4n) is 3.67. The van der Waals surface area contributed by atoms with Crippen molar-refractivity contribution in [2.24, 2.45) is 0 Å². The number of benzene rings is 1. The van der Waals surface area contributed by atoms with Crippen molar-refractivity contribution in [3.63, 3.8) is 0 Å². The number of aromatic nitrogens is 3. The zero-order valence-electron chi connectivity index (χ0n) is 19.0. The van der Waals surface area contributed by atoms with Gasteiger partial charge in [-0.15, -0.1) is 11.8 Å². The predicted molar refractivity (Wildman–Crippen MR) is 123 cm³/mol. The summed E-state index contributed by atoms with van der Waals surface area (Å²) in [7, 11) is 0. The van der Waals surface area contributed by atoms with Crippen LogP contribution in [0.2, 0.25) is 0 Å². The summed E-state index contributed by atoms with van der Waals surface area (Å²) in [6, 6.07) is 8.31. The Bertz CT molecular complexity index is 1090. The molecule has 0 unspecified atom stereocenters. The van der Waals surface area contributed by atoms with Crippen LogP contribution in [-0.4, -0.2) is 32.4 Å². The number of thioether (sulfide) groups is 1. The smallest absolute Gasteiger partial charge is 0.386 e. The summed E-state index contributed by atoms with van der Waals surface area (Å²) in [5.41, 5.74) is -0.976. The van der Waals surface area contributed by atoms with Crippen molar-refractivity contribution in [2.75, 3.05) is 17.7 Å². The van der Waals surface area contributed by atoms with Gasteiger partial charge in [-0.3, -0.25) is 0 Å². The van der Waals surface area contributed by atoms with E-state index in [0.29, 0.717) is 19.6 Å². The number of halogens is 3. The van der Waals surface area contributed by atoms with E-state index < -0.39 is 17.5 Å². The maximum Gasteiger partial charge on any atom is 0.433 e. The van der Waals surface area contributed by atoms with Crippen LogP contribution in [0.1, 0.15) is 51.1 Å². The summed E-state index contributed by atoms with van der Waals surface area (Å²) in [5.74, 6) is 0.0200. The van der Waals surface area contributed by atoms with E-state index in [2.05, 4.69) is 52.6 Å². The van der Waals surface area contributed by atoms with Gasteiger partial charge in [0.2, 0.25) is 5.95 Å². The maximum absolute atomic E-state index is 13.5. The van der Waals surface area contributed by atoms with Gasteiger partial charge in [-0.05, 0) is 38.3 Å². The molecule has 1 aliphatic heterocycles. The third-order valence-electron chi connectivity index (χ3n) is 5.13. The van der Waals surface area contributed by atoms with Gasteiger partial charge in [0.15, 0.2) is 5.69 Å². The molecule has 0 fully saturated rings. The highest BCUT2D eigenvalue weighted by Gasteiger charge is 2.40. The summed E-state index contributed by atoms with van der Waals surface area (Å²) in [6.07, 6.45) is -0.318. The second-order valence-corrected chi connectivity index (χ2v) is 9.21. The zero-order chi connectivity index (χ0) is 23.7. The Morgan fingerprint density at radius 3 is 2.41 bits per heavy atom. The van der Waals surface area contributed by atoms with Crippen LogP contribution in [0.25, 0.3) is 10.9 Å². The topological polar surface area (TPSA) is 54.2 Å². The molecule has 0 amide bonds. The molecule has 0 saturated carbocycles.